The van der Waals surface area contributed by atoms with Crippen LogP contribution >= 0.6 is 0 Å². The summed E-state index contributed by atoms with van der Waals surface area (Å²) in [5.41, 5.74) is 25.6. The Balaban J connectivity index is 0.000000590. The molecule has 2 nitrogen and oxygen atoms in total. The molecule has 0 N–H and O–H groups in total. The molecular weight excluding hydrogens is 1070 g/mol. The van der Waals surface area contributed by atoms with Gasteiger partial charge in [0.15, 0.2) is 0 Å². The average molecular weight is 1220 g/mol. The van der Waals surface area contributed by atoms with Gasteiger partial charge in [-0.3, -0.25) is 0 Å². The van der Waals surface area contributed by atoms with Crippen LogP contribution < -0.4 is 0 Å². The van der Waals surface area contributed by atoms with Gasteiger partial charge < -0.3 is 5.53 Å². The van der Waals surface area contributed by atoms with Gasteiger partial charge in [-0.25, -0.2) is 4.70 Å². The van der Waals surface area contributed by atoms with Gasteiger partial charge in [0.05, 0.1) is 0 Å². The van der Waals surface area contributed by atoms with E-state index < -0.39 is 0 Å². The standard InChI is InChI=1S/C44H68N2.2C19H39.Ni/c1-7-13-19-22-28-42-41(27-18-12-6)43(39-31-35(23-16-10-4)29-37(33-39)25-20-14-8-2)46(45)44(42)40-32-36(24-17-11-5)30-38(34-40)26-21-15-9-3;2*1-3-5-7-9-11-13-15-17-19-18-16-14-12-10-8-6-4-2;/h29-34H,7-28H2,1-6H3;2*1,3-19H2,2H3;. The smallest absolute Gasteiger partial charge is 0.0654 e. The molecule has 0 amide bonds. The van der Waals surface area contributed by atoms with E-state index in [1.165, 1.54) is 364 Å². The number of hydrogen-bond acceptors (Lipinski definition) is 0. The fourth-order valence-corrected chi connectivity index (χ4v) is 14.2. The quantitative estimate of drug-likeness (QED) is 0.0358. The third kappa shape index (κ3) is 40.4. The van der Waals surface area contributed by atoms with E-state index in [1.54, 1.807) is 4.70 Å². The van der Waals surface area contributed by atoms with Crippen LogP contribution in [0.1, 0.15) is 423 Å². The zero-order valence-electron chi connectivity index (χ0n) is 58.7. The van der Waals surface area contributed by atoms with Gasteiger partial charge in [0.25, 0.3) is 0 Å². The van der Waals surface area contributed by atoms with Crippen molar-refractivity contribution in [2.45, 2.75) is 426 Å². The van der Waals surface area contributed by atoms with Crippen molar-refractivity contribution in [1.82, 2.24) is 0 Å². The minimum Gasteiger partial charge on any atom is -0.0654 e. The maximum absolute atomic E-state index is 12.5. The van der Waals surface area contributed by atoms with Crippen molar-refractivity contribution in [1.29, 1.82) is 0 Å². The number of aryl methyl sites for hydroxylation is 4. The fraction of sp³-hybridized carbons (Fsp3) is 0.805. The van der Waals surface area contributed by atoms with Crippen LogP contribution in [-0.4, -0.2) is 4.70 Å². The fourth-order valence-electron chi connectivity index (χ4n) is 13.0. The summed E-state index contributed by atoms with van der Waals surface area (Å²) in [7, 11) is 0. The predicted octanol–water partition coefficient (Wildman–Crippen LogP) is 29.4. The molecule has 0 saturated carbocycles. The van der Waals surface area contributed by atoms with Crippen LogP contribution in [0.25, 0.3) is 16.9 Å². The van der Waals surface area contributed by atoms with E-state index in [9.17, 15) is 5.53 Å². The summed E-state index contributed by atoms with van der Waals surface area (Å²) < 4.78 is 1.66. The van der Waals surface area contributed by atoms with Gasteiger partial charge in [-0.05, 0) is 124 Å². The second-order valence-corrected chi connectivity index (χ2v) is 28.3. The van der Waals surface area contributed by atoms with E-state index in [2.05, 4.69) is 91.8 Å². The topological polar surface area (TPSA) is 25.3 Å². The number of rotatable bonds is 60. The van der Waals surface area contributed by atoms with Gasteiger partial charge >= 0.3 is 166 Å². The Morgan fingerprint density at radius 2 is 0.435 bits per heavy atom. The first-order valence-electron chi connectivity index (χ1n) is 38.6. The van der Waals surface area contributed by atoms with Crippen molar-refractivity contribution in [2.24, 2.45) is 0 Å². The summed E-state index contributed by atoms with van der Waals surface area (Å²) in [6.07, 6.45) is 76.3. The molecule has 0 spiro atoms. The molecule has 85 heavy (non-hydrogen) atoms. The molecule has 0 aliphatic carbocycles. The minimum atomic E-state index is 1.03. The molecule has 2 aromatic carbocycles. The molecule has 0 saturated heterocycles. The third-order valence-corrected chi connectivity index (χ3v) is 19.9. The SMILES string of the molecule is CCCCCCC1=C(c2cc(CCCC)cc(CCCCC)c2)[N+](=[N-])C(c2cc(CCCC)cc(CCCCC)c2)=C1CCCC.CCCCCCCCCCCCCCCCCC[CH2][Ni][CH2]CCCCCCCCCCCCCCCCCC. The number of unbranched alkanes of at least 4 members (excludes halogenated alkanes) is 42. The van der Waals surface area contributed by atoms with Crippen molar-refractivity contribution in [2.75, 3.05) is 0 Å². The predicted molar refractivity (Wildman–Crippen MR) is 380 cm³/mol. The molecule has 0 aromatic heterocycles. The van der Waals surface area contributed by atoms with Gasteiger partial charge in [0.1, 0.15) is 0 Å². The number of allylic oxidation sites excluding steroid dienone is 2. The van der Waals surface area contributed by atoms with Crippen molar-refractivity contribution in [3.63, 3.8) is 0 Å². The monoisotopic (exact) mass is 1220 g/mol. The van der Waals surface area contributed by atoms with Crippen LogP contribution in [0.3, 0.4) is 0 Å². The van der Waals surface area contributed by atoms with E-state index in [0.717, 1.165) is 62.8 Å². The van der Waals surface area contributed by atoms with Crippen molar-refractivity contribution < 1.29 is 19.1 Å². The van der Waals surface area contributed by atoms with Crippen LogP contribution in [0.2, 0.25) is 10.8 Å². The molecule has 2 aromatic rings. The summed E-state index contributed by atoms with van der Waals surface area (Å²) in [5, 5.41) is 2.87. The molecule has 0 fully saturated rings. The average Bonchev–Trinajstić information content (AvgIpc) is 2.61. The van der Waals surface area contributed by atoms with E-state index >= 15 is 0 Å². The van der Waals surface area contributed by atoms with E-state index in [4.69, 9.17) is 0 Å². The Hall–Kier alpha value is -1.99. The van der Waals surface area contributed by atoms with E-state index in [0.29, 0.717) is 0 Å². The Bertz CT molecular complexity index is 1870. The number of hydrogen-bond donors (Lipinski definition) is 0. The second kappa shape index (κ2) is 58.4. The van der Waals surface area contributed by atoms with Crippen molar-refractivity contribution in [3.05, 3.63) is 86.5 Å². The Labute approximate surface area is 539 Å². The van der Waals surface area contributed by atoms with Gasteiger partial charge in [0, 0.05) is 22.3 Å². The van der Waals surface area contributed by atoms with Crippen molar-refractivity contribution >= 4 is 11.4 Å². The zero-order valence-corrected chi connectivity index (χ0v) is 59.7. The Morgan fingerprint density at radius 1 is 0.235 bits per heavy atom. The van der Waals surface area contributed by atoms with Gasteiger partial charge in [-0.1, -0.05) is 209 Å². The van der Waals surface area contributed by atoms with E-state index in [1.807, 2.05) is 14.4 Å². The molecule has 0 unspecified atom stereocenters. The zero-order chi connectivity index (χ0) is 61.3. The Morgan fingerprint density at radius 3 is 0.718 bits per heavy atom. The molecule has 3 rings (SSSR count). The molecule has 494 valence electrons. The first-order chi connectivity index (χ1) is 41.9. The van der Waals surface area contributed by atoms with Crippen LogP contribution in [0, 0.1) is 0 Å². The molecule has 3 heteroatoms. The summed E-state index contributed by atoms with van der Waals surface area (Å²) in [6, 6.07) is 14.6. The van der Waals surface area contributed by atoms with Crippen LogP contribution in [0.15, 0.2) is 47.5 Å². The molecular formula is C82H146N2Ni. The summed E-state index contributed by atoms with van der Waals surface area (Å²) in [4.78, 5) is 0. The van der Waals surface area contributed by atoms with Gasteiger partial charge in [0.2, 0.25) is 11.4 Å². The van der Waals surface area contributed by atoms with Gasteiger partial charge in [-0.15, -0.1) is 0 Å². The van der Waals surface area contributed by atoms with Crippen LogP contribution in [0.4, 0.5) is 0 Å². The molecule has 0 atom stereocenters. The molecule has 0 radical (unpaired) electrons. The molecule has 1 aliphatic rings. The normalized spacial score (nSPS) is 12.6. The summed E-state index contributed by atoms with van der Waals surface area (Å²) in [6.45, 7) is 18.4. The summed E-state index contributed by atoms with van der Waals surface area (Å²) in [5.74, 6) is 0. The minimum absolute atomic E-state index is 1.03. The maximum atomic E-state index is 12.5. The second-order valence-electron chi connectivity index (χ2n) is 26.9. The van der Waals surface area contributed by atoms with E-state index in [-0.39, 0.29) is 0 Å². The van der Waals surface area contributed by atoms with Gasteiger partial charge in [-0.2, -0.15) is 0 Å². The number of nitrogens with zero attached hydrogens (tertiary/aromatic N) is 2. The van der Waals surface area contributed by atoms with Crippen LogP contribution in [0.5, 0.6) is 0 Å². The Kier molecular flexibility index (Phi) is 54.3. The van der Waals surface area contributed by atoms with Crippen LogP contribution in [-0.2, 0) is 40.1 Å². The molecule has 1 heterocycles. The number of benzene rings is 2. The molecule has 1 aliphatic heterocycles. The molecule has 0 bridgehead atoms. The summed E-state index contributed by atoms with van der Waals surface area (Å²) >= 11 is 2.05. The first kappa shape index (κ1) is 79.1. The van der Waals surface area contributed by atoms with Crippen molar-refractivity contribution in [3.8, 4) is 0 Å². The third-order valence-electron chi connectivity index (χ3n) is 18.5. The first-order valence-corrected chi connectivity index (χ1v) is 40.0.